The number of carboxylic acid groups (broad SMARTS) is 1. The molecule has 1 fully saturated rings. The summed E-state index contributed by atoms with van der Waals surface area (Å²) in [5.41, 5.74) is 0.946. The highest BCUT2D eigenvalue weighted by atomic mass is 16.4. The van der Waals surface area contributed by atoms with Crippen LogP contribution in [0.5, 0.6) is 0 Å². The number of anilines is 1. The van der Waals surface area contributed by atoms with Crippen LogP contribution in [0.4, 0.5) is 10.5 Å². The Kier molecular flexibility index (Phi) is 5.63. The number of hydrogen-bond acceptors (Lipinski definition) is 3. The zero-order valence-electron chi connectivity index (χ0n) is 16.9. The molecule has 0 saturated carbocycles. The highest BCUT2D eigenvalue weighted by molar-refractivity contribution is 6.03. The number of hydrogen-bond donors (Lipinski definition) is 1. The first-order valence-electron chi connectivity index (χ1n) is 9.89. The van der Waals surface area contributed by atoms with Crippen molar-refractivity contribution < 1.29 is 19.5 Å². The SMILES string of the molecule is CC(C)(C)N(C(=O)O)C1CCc2ccccc2N(CC(=O)N2CCCC2)C1=O. The number of rotatable bonds is 3. The molecule has 0 bridgehead atoms. The molecule has 1 aromatic rings. The Morgan fingerprint density at radius 3 is 2.43 bits per heavy atom. The van der Waals surface area contributed by atoms with Crippen LogP contribution in [0, 0.1) is 0 Å². The molecule has 1 atom stereocenters. The lowest BCUT2D eigenvalue weighted by atomic mass is 9.99. The standard InChI is InChI=1S/C21H29N3O4/c1-21(2,3)24(20(27)28)17-11-10-15-8-4-5-9-16(15)23(19(17)26)14-18(25)22-12-6-7-13-22/h4-5,8-9,17H,6-7,10-14H2,1-3H3,(H,27,28). The Labute approximate surface area is 165 Å². The Morgan fingerprint density at radius 2 is 1.82 bits per heavy atom. The molecule has 1 aromatic carbocycles. The Morgan fingerprint density at radius 1 is 1.18 bits per heavy atom. The maximum absolute atomic E-state index is 13.5. The third-order valence-corrected chi connectivity index (χ3v) is 5.51. The molecule has 1 N–H and O–H groups in total. The van der Waals surface area contributed by atoms with Gasteiger partial charge >= 0.3 is 6.09 Å². The summed E-state index contributed by atoms with van der Waals surface area (Å²) in [6.07, 6.45) is 1.82. The van der Waals surface area contributed by atoms with Crippen LogP contribution in [0.3, 0.4) is 0 Å². The monoisotopic (exact) mass is 387 g/mol. The van der Waals surface area contributed by atoms with Crippen molar-refractivity contribution in [1.29, 1.82) is 0 Å². The second-order valence-corrected chi connectivity index (χ2v) is 8.52. The summed E-state index contributed by atoms with van der Waals surface area (Å²) in [4.78, 5) is 42.8. The molecule has 1 unspecified atom stereocenters. The lowest BCUT2D eigenvalue weighted by Gasteiger charge is -2.39. The molecule has 0 aliphatic carbocycles. The van der Waals surface area contributed by atoms with Gasteiger partial charge in [0.1, 0.15) is 12.6 Å². The van der Waals surface area contributed by atoms with Gasteiger partial charge in [-0.2, -0.15) is 0 Å². The molecule has 3 rings (SSSR count). The predicted octanol–water partition coefficient (Wildman–Crippen LogP) is 2.74. The van der Waals surface area contributed by atoms with E-state index < -0.39 is 17.7 Å². The fourth-order valence-corrected chi connectivity index (χ4v) is 4.19. The van der Waals surface area contributed by atoms with Gasteiger partial charge in [-0.3, -0.25) is 14.5 Å². The maximum atomic E-state index is 13.5. The van der Waals surface area contributed by atoms with Crippen molar-refractivity contribution in [2.45, 2.75) is 58.0 Å². The van der Waals surface area contributed by atoms with Crippen molar-refractivity contribution in [3.8, 4) is 0 Å². The van der Waals surface area contributed by atoms with E-state index in [-0.39, 0.29) is 18.4 Å². The number of amides is 3. The van der Waals surface area contributed by atoms with Crippen LogP contribution in [0.25, 0.3) is 0 Å². The largest absolute Gasteiger partial charge is 0.465 e. The van der Waals surface area contributed by atoms with Crippen molar-refractivity contribution >= 4 is 23.6 Å². The van der Waals surface area contributed by atoms with E-state index in [1.54, 1.807) is 25.7 Å². The van der Waals surface area contributed by atoms with Crippen molar-refractivity contribution in [2.75, 3.05) is 24.5 Å². The molecule has 3 amide bonds. The zero-order valence-corrected chi connectivity index (χ0v) is 16.9. The van der Waals surface area contributed by atoms with Crippen LogP contribution < -0.4 is 4.90 Å². The summed E-state index contributed by atoms with van der Waals surface area (Å²) in [5.74, 6) is -0.409. The van der Waals surface area contributed by atoms with E-state index in [2.05, 4.69) is 0 Å². The summed E-state index contributed by atoms with van der Waals surface area (Å²) in [6, 6.07) is 6.72. The summed E-state index contributed by atoms with van der Waals surface area (Å²) < 4.78 is 0. The normalized spacial score (nSPS) is 20.0. The molecule has 0 aromatic heterocycles. The number of fused-ring (bicyclic) bond motifs is 1. The summed E-state index contributed by atoms with van der Waals surface area (Å²) >= 11 is 0. The Hall–Kier alpha value is -2.57. The minimum Gasteiger partial charge on any atom is -0.465 e. The number of likely N-dealkylation sites (tertiary alicyclic amines) is 1. The van der Waals surface area contributed by atoms with Crippen LogP contribution in [-0.2, 0) is 16.0 Å². The van der Waals surface area contributed by atoms with Gasteiger partial charge in [0.2, 0.25) is 11.8 Å². The number of benzene rings is 1. The van der Waals surface area contributed by atoms with Crippen LogP contribution in [0.1, 0.15) is 45.6 Å². The van der Waals surface area contributed by atoms with E-state index in [1.165, 1.54) is 9.80 Å². The second kappa shape index (κ2) is 7.81. The summed E-state index contributed by atoms with van der Waals surface area (Å²) in [7, 11) is 0. The molecular weight excluding hydrogens is 358 g/mol. The van der Waals surface area contributed by atoms with Gasteiger partial charge in [0.25, 0.3) is 0 Å². The first kappa shape index (κ1) is 20.2. The maximum Gasteiger partial charge on any atom is 0.408 e. The Balaban J connectivity index is 1.96. The minimum absolute atomic E-state index is 0.0516. The fraction of sp³-hybridized carbons (Fsp3) is 0.571. The molecule has 2 aliphatic rings. The molecule has 0 radical (unpaired) electrons. The highest BCUT2D eigenvalue weighted by Crippen LogP contribution is 2.31. The molecule has 7 nitrogen and oxygen atoms in total. The topological polar surface area (TPSA) is 81.2 Å². The third-order valence-electron chi connectivity index (χ3n) is 5.51. The van der Waals surface area contributed by atoms with Gasteiger partial charge in [0, 0.05) is 24.3 Å². The first-order chi connectivity index (χ1) is 13.2. The Bertz CT molecular complexity index is 765. The minimum atomic E-state index is -1.12. The summed E-state index contributed by atoms with van der Waals surface area (Å²) in [5, 5.41) is 9.81. The van der Waals surface area contributed by atoms with Gasteiger partial charge in [-0.1, -0.05) is 18.2 Å². The van der Waals surface area contributed by atoms with E-state index >= 15 is 0 Å². The molecule has 28 heavy (non-hydrogen) atoms. The fourth-order valence-electron chi connectivity index (χ4n) is 4.19. The number of carbonyl (C=O) groups is 3. The molecular formula is C21H29N3O4. The summed E-state index contributed by atoms with van der Waals surface area (Å²) in [6.45, 7) is 6.73. The number of aryl methyl sites for hydroxylation is 1. The smallest absolute Gasteiger partial charge is 0.408 e. The first-order valence-corrected chi connectivity index (χ1v) is 9.89. The van der Waals surface area contributed by atoms with Crippen molar-refractivity contribution in [2.24, 2.45) is 0 Å². The van der Waals surface area contributed by atoms with Crippen LogP contribution in [0.15, 0.2) is 24.3 Å². The van der Waals surface area contributed by atoms with Gasteiger partial charge in [0.15, 0.2) is 0 Å². The van der Waals surface area contributed by atoms with E-state index in [0.717, 1.165) is 31.5 Å². The molecule has 0 spiro atoms. The lowest BCUT2D eigenvalue weighted by molar-refractivity contribution is -0.132. The highest BCUT2D eigenvalue weighted by Gasteiger charge is 2.42. The molecule has 2 heterocycles. The van der Waals surface area contributed by atoms with Crippen molar-refractivity contribution in [1.82, 2.24) is 9.80 Å². The number of para-hydroxylation sites is 1. The predicted molar refractivity (Wildman–Crippen MR) is 106 cm³/mol. The van der Waals surface area contributed by atoms with Gasteiger partial charge in [-0.25, -0.2) is 4.79 Å². The molecule has 152 valence electrons. The lowest BCUT2D eigenvalue weighted by Crippen LogP contribution is -2.58. The van der Waals surface area contributed by atoms with E-state index in [0.29, 0.717) is 18.5 Å². The van der Waals surface area contributed by atoms with E-state index in [4.69, 9.17) is 0 Å². The van der Waals surface area contributed by atoms with Crippen LogP contribution in [0.2, 0.25) is 0 Å². The van der Waals surface area contributed by atoms with Gasteiger partial charge in [0.05, 0.1) is 0 Å². The van der Waals surface area contributed by atoms with Gasteiger partial charge in [-0.15, -0.1) is 0 Å². The average molecular weight is 387 g/mol. The second-order valence-electron chi connectivity index (χ2n) is 8.52. The van der Waals surface area contributed by atoms with Gasteiger partial charge < -0.3 is 14.9 Å². The molecule has 1 saturated heterocycles. The van der Waals surface area contributed by atoms with E-state index in [9.17, 15) is 19.5 Å². The third kappa shape index (κ3) is 3.98. The zero-order chi connectivity index (χ0) is 20.5. The van der Waals surface area contributed by atoms with Crippen molar-refractivity contribution in [3.63, 3.8) is 0 Å². The molecule has 7 heteroatoms. The van der Waals surface area contributed by atoms with Crippen LogP contribution in [-0.4, -0.2) is 64.0 Å². The van der Waals surface area contributed by atoms with E-state index in [1.807, 2.05) is 24.3 Å². The number of carbonyl (C=O) groups excluding carboxylic acids is 2. The number of nitrogens with zero attached hydrogens (tertiary/aromatic N) is 3. The van der Waals surface area contributed by atoms with Gasteiger partial charge in [-0.05, 0) is 58.1 Å². The van der Waals surface area contributed by atoms with Crippen molar-refractivity contribution in [3.05, 3.63) is 29.8 Å². The quantitative estimate of drug-likeness (QED) is 0.865. The average Bonchev–Trinajstić information content (AvgIpc) is 3.12. The molecule has 2 aliphatic heterocycles. The van der Waals surface area contributed by atoms with Crippen LogP contribution >= 0.6 is 0 Å².